The van der Waals surface area contributed by atoms with Crippen molar-refractivity contribution in [3.8, 4) is 11.5 Å². The topological polar surface area (TPSA) is 94.2 Å². The number of likely N-dealkylation sites (tertiary alicyclic amines) is 1. The molecule has 1 unspecified atom stereocenters. The van der Waals surface area contributed by atoms with Gasteiger partial charge in [-0.3, -0.25) is 9.59 Å². The van der Waals surface area contributed by atoms with Crippen LogP contribution in [0.1, 0.15) is 37.0 Å². The summed E-state index contributed by atoms with van der Waals surface area (Å²) in [5, 5.41) is 2.72. The van der Waals surface area contributed by atoms with Gasteiger partial charge in [0.05, 0.1) is 12.7 Å². The number of methoxy groups -OCH3 is 1. The van der Waals surface area contributed by atoms with Crippen LogP contribution in [0.4, 0.5) is 5.69 Å². The molecule has 8 nitrogen and oxygen atoms in total. The van der Waals surface area contributed by atoms with Gasteiger partial charge in [0.2, 0.25) is 0 Å². The minimum Gasteiger partial charge on any atom is -0.497 e. The zero-order valence-electron chi connectivity index (χ0n) is 19.2. The molecule has 0 saturated carbocycles. The van der Waals surface area contributed by atoms with Crippen LogP contribution < -0.4 is 14.8 Å². The van der Waals surface area contributed by atoms with Gasteiger partial charge in [0.1, 0.15) is 11.5 Å². The second-order valence-corrected chi connectivity index (χ2v) is 8.15. The summed E-state index contributed by atoms with van der Waals surface area (Å²) in [6.45, 7) is 4.96. The average Bonchev–Trinajstić information content (AvgIpc) is 2.83. The quantitative estimate of drug-likeness (QED) is 0.614. The van der Waals surface area contributed by atoms with E-state index in [0.717, 1.165) is 12.8 Å². The number of rotatable bonds is 8. The van der Waals surface area contributed by atoms with Crippen molar-refractivity contribution in [2.45, 2.75) is 32.8 Å². The molecule has 0 aliphatic carbocycles. The molecular formula is C25H30N2O6. The lowest BCUT2D eigenvalue weighted by atomic mass is 9.99. The number of piperidine rings is 1. The van der Waals surface area contributed by atoms with Gasteiger partial charge in [0.25, 0.3) is 11.8 Å². The Balaban J connectivity index is 1.46. The number of nitrogens with one attached hydrogen (secondary N) is 1. The molecule has 3 rings (SSSR count). The Kier molecular flexibility index (Phi) is 8.29. The molecule has 1 heterocycles. The van der Waals surface area contributed by atoms with Crippen molar-refractivity contribution in [2.75, 3.05) is 32.1 Å². The summed E-state index contributed by atoms with van der Waals surface area (Å²) in [6, 6.07) is 13.2. The monoisotopic (exact) mass is 454 g/mol. The van der Waals surface area contributed by atoms with Crippen molar-refractivity contribution in [1.82, 2.24) is 4.90 Å². The molecule has 1 fully saturated rings. The maximum atomic E-state index is 12.5. The van der Waals surface area contributed by atoms with Crippen LogP contribution in [0.15, 0.2) is 48.5 Å². The number of nitrogens with zero attached hydrogens (tertiary/aromatic N) is 1. The molecule has 2 aromatic rings. The van der Waals surface area contributed by atoms with E-state index in [2.05, 4.69) is 12.2 Å². The van der Waals surface area contributed by atoms with Crippen LogP contribution in [0.25, 0.3) is 0 Å². The molecule has 8 heteroatoms. The van der Waals surface area contributed by atoms with Crippen LogP contribution in [-0.4, -0.2) is 55.6 Å². The molecule has 2 amide bonds. The number of carbonyl (C=O) groups excluding carboxylic acids is 3. The molecule has 1 saturated heterocycles. The van der Waals surface area contributed by atoms with E-state index in [9.17, 15) is 14.4 Å². The molecule has 2 aromatic carbocycles. The SMILES string of the molecule is COc1cccc(NC(=O)COc2ccc(C(=O)OC(C)C(=O)N3CCC(C)CC3)cc2)c1. The summed E-state index contributed by atoms with van der Waals surface area (Å²) in [5.74, 6) is 0.601. The van der Waals surface area contributed by atoms with Crippen LogP contribution in [0.5, 0.6) is 11.5 Å². The molecule has 176 valence electrons. The van der Waals surface area contributed by atoms with Gasteiger partial charge in [-0.05, 0) is 62.1 Å². The summed E-state index contributed by atoms with van der Waals surface area (Å²) in [7, 11) is 1.55. The van der Waals surface area contributed by atoms with Crippen LogP contribution in [0, 0.1) is 5.92 Å². The Morgan fingerprint density at radius 2 is 1.76 bits per heavy atom. The fourth-order valence-electron chi connectivity index (χ4n) is 3.50. The molecular weight excluding hydrogens is 424 g/mol. The van der Waals surface area contributed by atoms with E-state index in [4.69, 9.17) is 14.2 Å². The Labute approximate surface area is 193 Å². The van der Waals surface area contributed by atoms with E-state index in [1.165, 1.54) is 12.1 Å². The van der Waals surface area contributed by atoms with Crippen LogP contribution in [0.3, 0.4) is 0 Å². The summed E-state index contributed by atoms with van der Waals surface area (Å²) >= 11 is 0. The Morgan fingerprint density at radius 3 is 2.42 bits per heavy atom. The lowest BCUT2D eigenvalue weighted by Gasteiger charge is -2.31. The highest BCUT2D eigenvalue weighted by Crippen LogP contribution is 2.19. The fraction of sp³-hybridized carbons (Fsp3) is 0.400. The number of esters is 1. The van der Waals surface area contributed by atoms with Gasteiger partial charge in [-0.25, -0.2) is 4.79 Å². The van der Waals surface area contributed by atoms with Gasteiger partial charge >= 0.3 is 5.97 Å². The molecule has 1 aliphatic heterocycles. The zero-order chi connectivity index (χ0) is 23.8. The lowest BCUT2D eigenvalue weighted by molar-refractivity contribution is -0.141. The van der Waals surface area contributed by atoms with Crippen molar-refractivity contribution < 1.29 is 28.6 Å². The largest absolute Gasteiger partial charge is 0.497 e. The highest BCUT2D eigenvalue weighted by molar-refractivity contribution is 5.93. The molecule has 0 radical (unpaired) electrons. The molecule has 33 heavy (non-hydrogen) atoms. The Bertz CT molecular complexity index is 967. The highest BCUT2D eigenvalue weighted by atomic mass is 16.5. The Morgan fingerprint density at radius 1 is 1.06 bits per heavy atom. The summed E-state index contributed by atoms with van der Waals surface area (Å²) in [6.07, 6.45) is 1.08. The zero-order valence-corrected chi connectivity index (χ0v) is 19.2. The van der Waals surface area contributed by atoms with E-state index in [0.29, 0.717) is 41.8 Å². The van der Waals surface area contributed by atoms with Crippen molar-refractivity contribution in [1.29, 1.82) is 0 Å². The predicted molar refractivity (Wildman–Crippen MR) is 123 cm³/mol. The number of hydrogen-bond acceptors (Lipinski definition) is 6. The lowest BCUT2D eigenvalue weighted by Crippen LogP contribution is -2.44. The fourth-order valence-corrected chi connectivity index (χ4v) is 3.50. The smallest absolute Gasteiger partial charge is 0.338 e. The maximum Gasteiger partial charge on any atom is 0.338 e. The Hall–Kier alpha value is -3.55. The number of carbonyl (C=O) groups is 3. The minimum atomic E-state index is -0.845. The first kappa shape index (κ1) is 24.1. The van der Waals surface area contributed by atoms with Crippen LogP contribution in [-0.2, 0) is 14.3 Å². The molecule has 0 spiro atoms. The summed E-state index contributed by atoms with van der Waals surface area (Å²) in [5.41, 5.74) is 0.902. The van der Waals surface area contributed by atoms with Gasteiger partial charge in [-0.1, -0.05) is 13.0 Å². The summed E-state index contributed by atoms with van der Waals surface area (Å²) in [4.78, 5) is 38.8. The molecule has 1 aliphatic rings. The van der Waals surface area contributed by atoms with Gasteiger partial charge < -0.3 is 24.4 Å². The van der Waals surface area contributed by atoms with Crippen molar-refractivity contribution in [2.24, 2.45) is 5.92 Å². The second-order valence-electron chi connectivity index (χ2n) is 8.15. The predicted octanol–water partition coefficient (Wildman–Crippen LogP) is 3.52. The van der Waals surface area contributed by atoms with E-state index in [1.54, 1.807) is 55.3 Å². The van der Waals surface area contributed by atoms with Gasteiger partial charge in [-0.2, -0.15) is 0 Å². The van der Waals surface area contributed by atoms with Crippen molar-refractivity contribution in [3.63, 3.8) is 0 Å². The van der Waals surface area contributed by atoms with Gasteiger partial charge in [0.15, 0.2) is 12.7 Å². The van der Waals surface area contributed by atoms with Crippen molar-refractivity contribution in [3.05, 3.63) is 54.1 Å². The third kappa shape index (κ3) is 6.97. The second kappa shape index (κ2) is 11.4. The number of benzene rings is 2. The molecule has 1 N–H and O–H groups in total. The third-order valence-corrected chi connectivity index (χ3v) is 5.54. The highest BCUT2D eigenvalue weighted by Gasteiger charge is 2.27. The third-order valence-electron chi connectivity index (χ3n) is 5.54. The first-order chi connectivity index (χ1) is 15.9. The van der Waals surface area contributed by atoms with Crippen LogP contribution >= 0.6 is 0 Å². The standard InChI is InChI=1S/C25H30N2O6/c1-17-11-13-27(14-12-17)24(29)18(2)33-25(30)19-7-9-21(10-8-19)32-16-23(28)26-20-5-4-6-22(15-20)31-3/h4-10,15,17-18H,11-14,16H2,1-3H3,(H,26,28). The number of ether oxygens (including phenoxy) is 3. The number of anilines is 1. The van der Waals surface area contributed by atoms with Crippen LogP contribution in [0.2, 0.25) is 0 Å². The molecule has 0 aromatic heterocycles. The molecule has 1 atom stereocenters. The average molecular weight is 455 g/mol. The van der Waals surface area contributed by atoms with Gasteiger partial charge in [-0.15, -0.1) is 0 Å². The first-order valence-corrected chi connectivity index (χ1v) is 11.0. The normalized spacial score (nSPS) is 14.8. The van der Waals surface area contributed by atoms with E-state index < -0.39 is 12.1 Å². The summed E-state index contributed by atoms with van der Waals surface area (Å²) < 4.78 is 16.0. The van der Waals surface area contributed by atoms with E-state index >= 15 is 0 Å². The number of amides is 2. The van der Waals surface area contributed by atoms with E-state index in [1.807, 2.05) is 0 Å². The molecule has 0 bridgehead atoms. The first-order valence-electron chi connectivity index (χ1n) is 11.0. The minimum absolute atomic E-state index is 0.169. The van der Waals surface area contributed by atoms with Crippen molar-refractivity contribution >= 4 is 23.5 Å². The van der Waals surface area contributed by atoms with E-state index in [-0.39, 0.29) is 18.4 Å². The van der Waals surface area contributed by atoms with Gasteiger partial charge in [0, 0.05) is 24.8 Å². The number of hydrogen-bond donors (Lipinski definition) is 1. The maximum absolute atomic E-state index is 12.5.